The standard InChI is InChI=1S/C23H28N4O4/c1-24-23(26-13-17-4-9-20-21(12-17)31-15-30-20)25-11-10-16-2-7-19(8-3-16)29-14-22(28)27-18-5-6-18/h2-4,7-9,12,18H,5-6,10-11,13-15H2,1H3,(H,27,28)(H2,24,25,26). The number of amides is 1. The van der Waals surface area contributed by atoms with Crippen LogP contribution in [-0.4, -0.2) is 44.9 Å². The van der Waals surface area contributed by atoms with E-state index in [0.717, 1.165) is 48.8 Å². The van der Waals surface area contributed by atoms with Crippen molar-refractivity contribution >= 4 is 11.9 Å². The van der Waals surface area contributed by atoms with Crippen molar-refractivity contribution in [1.29, 1.82) is 0 Å². The fourth-order valence-electron chi connectivity index (χ4n) is 3.18. The summed E-state index contributed by atoms with van der Waals surface area (Å²) < 4.78 is 16.3. The van der Waals surface area contributed by atoms with Gasteiger partial charge in [-0.3, -0.25) is 9.79 Å². The van der Waals surface area contributed by atoms with E-state index in [9.17, 15) is 4.79 Å². The summed E-state index contributed by atoms with van der Waals surface area (Å²) in [4.78, 5) is 16.0. The first kappa shape index (κ1) is 20.8. The predicted molar refractivity (Wildman–Crippen MR) is 118 cm³/mol. The molecule has 8 heteroatoms. The molecule has 31 heavy (non-hydrogen) atoms. The molecule has 1 heterocycles. The third kappa shape index (κ3) is 6.28. The molecule has 1 saturated carbocycles. The monoisotopic (exact) mass is 424 g/mol. The molecular weight excluding hydrogens is 396 g/mol. The van der Waals surface area contributed by atoms with E-state index in [1.807, 2.05) is 42.5 Å². The van der Waals surface area contributed by atoms with E-state index in [2.05, 4.69) is 20.9 Å². The van der Waals surface area contributed by atoms with Crippen molar-refractivity contribution in [2.45, 2.75) is 31.8 Å². The maximum atomic E-state index is 11.7. The number of nitrogens with zero attached hydrogens (tertiary/aromatic N) is 1. The number of benzene rings is 2. The molecule has 4 rings (SSSR count). The zero-order chi connectivity index (χ0) is 21.5. The molecule has 0 radical (unpaired) electrons. The van der Waals surface area contributed by atoms with Crippen LogP contribution in [0.25, 0.3) is 0 Å². The number of aliphatic imine (C=N–C) groups is 1. The summed E-state index contributed by atoms with van der Waals surface area (Å²) >= 11 is 0. The summed E-state index contributed by atoms with van der Waals surface area (Å²) in [6.45, 7) is 1.71. The normalized spacial score (nSPS) is 14.8. The molecule has 0 aromatic heterocycles. The Balaban J connectivity index is 1.16. The van der Waals surface area contributed by atoms with E-state index in [-0.39, 0.29) is 19.3 Å². The molecule has 1 fully saturated rings. The third-order valence-corrected chi connectivity index (χ3v) is 5.06. The molecule has 3 N–H and O–H groups in total. The Morgan fingerprint density at radius 3 is 2.61 bits per heavy atom. The van der Waals surface area contributed by atoms with Crippen molar-refractivity contribution in [2.75, 3.05) is 27.0 Å². The molecule has 1 amide bonds. The van der Waals surface area contributed by atoms with Crippen molar-refractivity contribution in [2.24, 2.45) is 4.99 Å². The molecule has 0 atom stereocenters. The SMILES string of the molecule is CN=C(NCCc1ccc(OCC(=O)NC2CC2)cc1)NCc1ccc2c(c1)OCO2. The minimum absolute atomic E-state index is 0.0583. The van der Waals surface area contributed by atoms with Gasteiger partial charge in [0.05, 0.1) is 0 Å². The van der Waals surface area contributed by atoms with E-state index in [1.165, 1.54) is 5.56 Å². The van der Waals surface area contributed by atoms with Crippen LogP contribution in [0.3, 0.4) is 0 Å². The van der Waals surface area contributed by atoms with Gasteiger partial charge in [0.15, 0.2) is 24.1 Å². The van der Waals surface area contributed by atoms with Gasteiger partial charge in [-0.15, -0.1) is 0 Å². The summed E-state index contributed by atoms with van der Waals surface area (Å²) in [5, 5.41) is 9.53. The van der Waals surface area contributed by atoms with E-state index < -0.39 is 0 Å². The van der Waals surface area contributed by atoms with Crippen molar-refractivity contribution in [3.63, 3.8) is 0 Å². The van der Waals surface area contributed by atoms with Gasteiger partial charge in [-0.1, -0.05) is 18.2 Å². The summed E-state index contributed by atoms with van der Waals surface area (Å²) in [5.41, 5.74) is 2.27. The Hall–Kier alpha value is -3.42. The first-order valence-corrected chi connectivity index (χ1v) is 10.5. The van der Waals surface area contributed by atoms with E-state index in [1.54, 1.807) is 7.05 Å². The molecule has 164 valence electrons. The maximum Gasteiger partial charge on any atom is 0.258 e. The van der Waals surface area contributed by atoms with Gasteiger partial charge in [0.25, 0.3) is 5.91 Å². The van der Waals surface area contributed by atoms with Crippen LogP contribution in [0.1, 0.15) is 24.0 Å². The molecule has 2 aromatic rings. The van der Waals surface area contributed by atoms with Crippen LogP contribution in [0.4, 0.5) is 0 Å². The lowest BCUT2D eigenvalue weighted by Crippen LogP contribution is -2.37. The van der Waals surface area contributed by atoms with Gasteiger partial charge in [0.1, 0.15) is 5.75 Å². The minimum atomic E-state index is -0.0598. The summed E-state index contributed by atoms with van der Waals surface area (Å²) in [6.07, 6.45) is 2.99. The Bertz CT molecular complexity index is 926. The van der Waals surface area contributed by atoms with Crippen LogP contribution in [0.5, 0.6) is 17.2 Å². The number of hydrogen-bond acceptors (Lipinski definition) is 5. The van der Waals surface area contributed by atoms with Crippen LogP contribution in [0, 0.1) is 0 Å². The summed E-state index contributed by atoms with van der Waals surface area (Å²) in [5.74, 6) is 2.93. The van der Waals surface area contributed by atoms with Gasteiger partial charge in [0, 0.05) is 26.2 Å². The number of guanidine groups is 1. The first-order valence-electron chi connectivity index (χ1n) is 10.5. The fourth-order valence-corrected chi connectivity index (χ4v) is 3.18. The Labute approximate surface area is 182 Å². The lowest BCUT2D eigenvalue weighted by atomic mass is 10.1. The van der Waals surface area contributed by atoms with Crippen molar-refractivity contribution in [1.82, 2.24) is 16.0 Å². The lowest BCUT2D eigenvalue weighted by molar-refractivity contribution is -0.123. The average molecular weight is 425 g/mol. The molecule has 0 spiro atoms. The van der Waals surface area contributed by atoms with Crippen LogP contribution < -0.4 is 30.2 Å². The summed E-state index contributed by atoms with van der Waals surface area (Å²) in [7, 11) is 1.75. The van der Waals surface area contributed by atoms with Gasteiger partial charge < -0.3 is 30.2 Å². The van der Waals surface area contributed by atoms with Crippen LogP contribution in [0.2, 0.25) is 0 Å². The number of carbonyl (C=O) groups excluding carboxylic acids is 1. The average Bonchev–Trinajstić information content (AvgIpc) is 3.48. The lowest BCUT2D eigenvalue weighted by Gasteiger charge is -2.12. The fraction of sp³-hybridized carbons (Fsp3) is 0.391. The van der Waals surface area contributed by atoms with Gasteiger partial charge in [-0.05, 0) is 54.7 Å². The van der Waals surface area contributed by atoms with E-state index in [0.29, 0.717) is 18.3 Å². The van der Waals surface area contributed by atoms with Crippen LogP contribution >= 0.6 is 0 Å². The number of fused-ring (bicyclic) bond motifs is 1. The highest BCUT2D eigenvalue weighted by Crippen LogP contribution is 2.32. The molecule has 2 aliphatic rings. The topological polar surface area (TPSA) is 93.2 Å². The largest absolute Gasteiger partial charge is 0.484 e. The van der Waals surface area contributed by atoms with Gasteiger partial charge >= 0.3 is 0 Å². The highest BCUT2D eigenvalue weighted by atomic mass is 16.7. The second kappa shape index (κ2) is 10.1. The molecule has 2 aromatic carbocycles. The molecular formula is C23H28N4O4. The van der Waals surface area contributed by atoms with Gasteiger partial charge in [-0.25, -0.2) is 0 Å². The Morgan fingerprint density at radius 1 is 1.06 bits per heavy atom. The highest BCUT2D eigenvalue weighted by molar-refractivity contribution is 5.79. The number of rotatable bonds is 9. The van der Waals surface area contributed by atoms with Gasteiger partial charge in [0.2, 0.25) is 6.79 Å². The van der Waals surface area contributed by atoms with E-state index in [4.69, 9.17) is 14.2 Å². The minimum Gasteiger partial charge on any atom is -0.484 e. The first-order chi connectivity index (χ1) is 15.2. The predicted octanol–water partition coefficient (Wildman–Crippen LogP) is 1.98. The van der Waals surface area contributed by atoms with Crippen LogP contribution in [-0.2, 0) is 17.8 Å². The molecule has 0 bridgehead atoms. The molecule has 1 aliphatic heterocycles. The third-order valence-electron chi connectivity index (χ3n) is 5.06. The number of nitrogens with one attached hydrogen (secondary N) is 3. The molecule has 1 aliphatic carbocycles. The van der Waals surface area contributed by atoms with Crippen molar-refractivity contribution < 1.29 is 19.0 Å². The molecule has 0 saturated heterocycles. The number of carbonyl (C=O) groups is 1. The Morgan fingerprint density at radius 2 is 1.84 bits per heavy atom. The zero-order valence-electron chi connectivity index (χ0n) is 17.6. The molecule has 8 nitrogen and oxygen atoms in total. The van der Waals surface area contributed by atoms with Crippen molar-refractivity contribution in [3.8, 4) is 17.2 Å². The van der Waals surface area contributed by atoms with Crippen LogP contribution in [0.15, 0.2) is 47.5 Å². The maximum absolute atomic E-state index is 11.7. The molecule has 0 unspecified atom stereocenters. The quantitative estimate of drug-likeness (QED) is 0.421. The van der Waals surface area contributed by atoms with Gasteiger partial charge in [-0.2, -0.15) is 0 Å². The second-order valence-corrected chi connectivity index (χ2v) is 7.56. The Kier molecular flexibility index (Phi) is 6.76. The number of ether oxygens (including phenoxy) is 3. The number of hydrogen-bond donors (Lipinski definition) is 3. The van der Waals surface area contributed by atoms with E-state index >= 15 is 0 Å². The second-order valence-electron chi connectivity index (χ2n) is 7.56. The zero-order valence-corrected chi connectivity index (χ0v) is 17.6. The van der Waals surface area contributed by atoms with Crippen molar-refractivity contribution in [3.05, 3.63) is 53.6 Å². The smallest absolute Gasteiger partial charge is 0.258 e. The highest BCUT2D eigenvalue weighted by Gasteiger charge is 2.23. The summed E-state index contributed by atoms with van der Waals surface area (Å²) in [6, 6.07) is 14.1.